The largest absolute Gasteiger partial charge is 0.486 e. The highest BCUT2D eigenvalue weighted by Gasteiger charge is 2.28. The summed E-state index contributed by atoms with van der Waals surface area (Å²) in [6.07, 6.45) is 1.56. The van der Waals surface area contributed by atoms with Gasteiger partial charge in [0.2, 0.25) is 5.91 Å². The van der Waals surface area contributed by atoms with Crippen molar-refractivity contribution >= 4 is 11.9 Å². The van der Waals surface area contributed by atoms with Gasteiger partial charge in [0.05, 0.1) is 6.54 Å². The molecule has 2 aliphatic rings. The first-order valence-corrected chi connectivity index (χ1v) is 9.06. The number of hydrogen-bond donors (Lipinski definition) is 1. The molecular formula is C20H20N2O6. The summed E-state index contributed by atoms with van der Waals surface area (Å²) in [4.78, 5) is 37.9. The van der Waals surface area contributed by atoms with Crippen molar-refractivity contribution in [3.05, 3.63) is 57.5 Å². The molecule has 0 fully saturated rings. The third-order valence-electron chi connectivity index (χ3n) is 5.10. The van der Waals surface area contributed by atoms with Crippen LogP contribution < -0.4 is 15.0 Å². The summed E-state index contributed by atoms with van der Waals surface area (Å²) in [5.74, 6) is -0.107. The van der Waals surface area contributed by atoms with Crippen molar-refractivity contribution in [1.29, 1.82) is 0 Å². The Morgan fingerprint density at radius 1 is 1.25 bits per heavy atom. The van der Waals surface area contributed by atoms with Gasteiger partial charge in [0, 0.05) is 26.2 Å². The molecule has 0 bridgehead atoms. The van der Waals surface area contributed by atoms with Gasteiger partial charge in [-0.3, -0.25) is 9.59 Å². The summed E-state index contributed by atoms with van der Waals surface area (Å²) in [7, 11) is 0. The van der Waals surface area contributed by atoms with Crippen molar-refractivity contribution < 1.29 is 24.2 Å². The average Bonchev–Trinajstić information content (AvgIpc) is 2.67. The molecule has 3 heterocycles. The standard InChI is InChI=1S/C20H20N2O6/c1-12(23)21-7-6-15-13(8-21)9-22(19(24)18(15)20(25)26)10-14-11-27-16-4-2-3-5-17(16)28-14/h2-5,9,14H,6-8,10-11H2,1H3,(H,25,26). The molecule has 8 heteroatoms. The lowest BCUT2D eigenvalue weighted by molar-refractivity contribution is -0.129. The van der Waals surface area contributed by atoms with Crippen molar-refractivity contribution in [2.24, 2.45) is 0 Å². The van der Waals surface area contributed by atoms with Gasteiger partial charge in [0.1, 0.15) is 12.2 Å². The lowest BCUT2D eigenvalue weighted by Crippen LogP contribution is -2.41. The zero-order valence-corrected chi connectivity index (χ0v) is 15.4. The van der Waals surface area contributed by atoms with Crippen LogP contribution in [-0.2, 0) is 24.3 Å². The topological polar surface area (TPSA) is 98.1 Å². The van der Waals surface area contributed by atoms with Gasteiger partial charge in [-0.05, 0) is 29.7 Å². The molecule has 1 atom stereocenters. The van der Waals surface area contributed by atoms with E-state index in [1.165, 1.54) is 11.5 Å². The lowest BCUT2D eigenvalue weighted by Gasteiger charge is -2.30. The van der Waals surface area contributed by atoms with Crippen LogP contribution in [0.4, 0.5) is 0 Å². The van der Waals surface area contributed by atoms with Crippen molar-refractivity contribution in [2.75, 3.05) is 13.2 Å². The second-order valence-corrected chi connectivity index (χ2v) is 6.96. The van der Waals surface area contributed by atoms with E-state index in [0.717, 1.165) is 0 Å². The lowest BCUT2D eigenvalue weighted by atomic mass is 9.96. The summed E-state index contributed by atoms with van der Waals surface area (Å²) in [5.41, 5.74) is 0.399. The van der Waals surface area contributed by atoms with Crippen LogP contribution >= 0.6 is 0 Å². The van der Waals surface area contributed by atoms with Crippen LogP contribution in [0.2, 0.25) is 0 Å². The summed E-state index contributed by atoms with van der Waals surface area (Å²) in [6, 6.07) is 7.25. The van der Waals surface area contributed by atoms with E-state index in [1.54, 1.807) is 23.2 Å². The third kappa shape index (κ3) is 3.21. The van der Waals surface area contributed by atoms with Crippen molar-refractivity contribution in [1.82, 2.24) is 9.47 Å². The van der Waals surface area contributed by atoms with E-state index >= 15 is 0 Å². The monoisotopic (exact) mass is 384 g/mol. The number of aromatic carboxylic acids is 1. The molecule has 2 aliphatic heterocycles. The minimum Gasteiger partial charge on any atom is -0.486 e. The van der Waals surface area contributed by atoms with Crippen LogP contribution in [0.3, 0.4) is 0 Å². The number of carbonyl (C=O) groups excluding carboxylic acids is 1. The maximum Gasteiger partial charge on any atom is 0.341 e. The van der Waals surface area contributed by atoms with E-state index in [-0.39, 0.29) is 31.2 Å². The Morgan fingerprint density at radius 2 is 2.00 bits per heavy atom. The minimum absolute atomic E-state index is 0.0825. The zero-order chi connectivity index (χ0) is 19.8. The number of rotatable bonds is 3. The van der Waals surface area contributed by atoms with Crippen LogP contribution in [0.15, 0.2) is 35.3 Å². The number of nitrogens with zero attached hydrogens (tertiary/aromatic N) is 2. The highest BCUT2D eigenvalue weighted by molar-refractivity contribution is 5.89. The van der Waals surface area contributed by atoms with E-state index in [1.807, 2.05) is 12.1 Å². The molecule has 1 aromatic carbocycles. The number of benzene rings is 1. The molecule has 8 nitrogen and oxygen atoms in total. The number of carboxylic acids is 1. The number of carboxylic acid groups (broad SMARTS) is 1. The van der Waals surface area contributed by atoms with Gasteiger partial charge < -0.3 is 24.0 Å². The van der Waals surface area contributed by atoms with Crippen LogP contribution in [0.1, 0.15) is 28.4 Å². The molecule has 0 radical (unpaired) electrons. The van der Waals surface area contributed by atoms with Gasteiger partial charge in [-0.25, -0.2) is 4.79 Å². The number of pyridine rings is 1. The molecule has 1 aromatic heterocycles. The number of para-hydroxylation sites is 2. The normalized spacial score (nSPS) is 17.8. The summed E-state index contributed by atoms with van der Waals surface area (Å²) in [6.45, 7) is 2.57. The SMILES string of the molecule is CC(=O)N1CCc2c(cn(CC3COc4ccccc4O3)c(=O)c2C(=O)O)C1. The Hall–Kier alpha value is -3.29. The number of aromatic nitrogens is 1. The van der Waals surface area contributed by atoms with Gasteiger partial charge in [0.15, 0.2) is 17.6 Å². The molecule has 0 saturated carbocycles. The maximum absolute atomic E-state index is 12.8. The van der Waals surface area contributed by atoms with Gasteiger partial charge >= 0.3 is 5.97 Å². The second kappa shape index (κ2) is 7.03. The Morgan fingerprint density at radius 3 is 2.71 bits per heavy atom. The first kappa shape index (κ1) is 18.1. The minimum atomic E-state index is -1.25. The van der Waals surface area contributed by atoms with E-state index in [2.05, 4.69) is 0 Å². The van der Waals surface area contributed by atoms with Crippen molar-refractivity contribution in [3.8, 4) is 11.5 Å². The quantitative estimate of drug-likeness (QED) is 0.856. The Balaban J connectivity index is 1.67. The van der Waals surface area contributed by atoms with E-state index in [4.69, 9.17) is 9.47 Å². The molecule has 0 aliphatic carbocycles. The van der Waals surface area contributed by atoms with Gasteiger partial charge in [0.25, 0.3) is 5.56 Å². The molecule has 1 N–H and O–H groups in total. The van der Waals surface area contributed by atoms with E-state index in [0.29, 0.717) is 35.6 Å². The van der Waals surface area contributed by atoms with Gasteiger partial charge in [-0.15, -0.1) is 0 Å². The van der Waals surface area contributed by atoms with Gasteiger partial charge in [-0.2, -0.15) is 0 Å². The molecule has 4 rings (SSSR count). The molecule has 1 unspecified atom stereocenters. The predicted octanol–water partition coefficient (Wildman–Crippen LogP) is 1.29. The van der Waals surface area contributed by atoms with Crippen molar-refractivity contribution in [3.63, 3.8) is 0 Å². The number of amides is 1. The molecular weight excluding hydrogens is 364 g/mol. The highest BCUT2D eigenvalue weighted by Crippen LogP contribution is 2.31. The summed E-state index contributed by atoms with van der Waals surface area (Å²) in [5, 5.41) is 9.61. The Kier molecular flexibility index (Phi) is 4.54. The zero-order valence-electron chi connectivity index (χ0n) is 15.4. The fraction of sp³-hybridized carbons (Fsp3) is 0.350. The number of carbonyl (C=O) groups is 2. The summed E-state index contributed by atoms with van der Waals surface area (Å²) >= 11 is 0. The van der Waals surface area contributed by atoms with Gasteiger partial charge in [-0.1, -0.05) is 12.1 Å². The average molecular weight is 384 g/mol. The fourth-order valence-corrected chi connectivity index (χ4v) is 3.71. The van der Waals surface area contributed by atoms with Crippen LogP contribution in [0.5, 0.6) is 11.5 Å². The number of fused-ring (bicyclic) bond motifs is 2. The van der Waals surface area contributed by atoms with Crippen LogP contribution in [0.25, 0.3) is 0 Å². The third-order valence-corrected chi connectivity index (χ3v) is 5.10. The van der Waals surface area contributed by atoms with E-state index < -0.39 is 17.6 Å². The Labute approximate surface area is 160 Å². The highest BCUT2D eigenvalue weighted by atomic mass is 16.6. The smallest absolute Gasteiger partial charge is 0.341 e. The maximum atomic E-state index is 12.8. The molecule has 2 aromatic rings. The molecule has 0 spiro atoms. The van der Waals surface area contributed by atoms with Crippen molar-refractivity contribution in [2.45, 2.75) is 32.5 Å². The van der Waals surface area contributed by atoms with Crippen LogP contribution in [-0.4, -0.2) is 45.7 Å². The number of hydrogen-bond acceptors (Lipinski definition) is 5. The number of ether oxygens (including phenoxy) is 2. The van der Waals surface area contributed by atoms with E-state index in [9.17, 15) is 19.5 Å². The predicted molar refractivity (Wildman–Crippen MR) is 98.8 cm³/mol. The molecule has 28 heavy (non-hydrogen) atoms. The molecule has 1 amide bonds. The first-order chi connectivity index (χ1) is 13.4. The fourth-order valence-electron chi connectivity index (χ4n) is 3.71. The molecule has 146 valence electrons. The summed E-state index contributed by atoms with van der Waals surface area (Å²) < 4.78 is 12.9. The Bertz CT molecular complexity index is 1010. The van der Waals surface area contributed by atoms with Crippen LogP contribution in [0, 0.1) is 0 Å². The second-order valence-electron chi connectivity index (χ2n) is 6.96. The molecule has 0 saturated heterocycles. The first-order valence-electron chi connectivity index (χ1n) is 9.06.